The number of rotatable bonds is 2. The maximum absolute atomic E-state index is 12.1. The van der Waals surface area contributed by atoms with E-state index in [0.29, 0.717) is 6.54 Å². The Morgan fingerprint density at radius 2 is 2.06 bits per heavy atom. The van der Waals surface area contributed by atoms with Crippen molar-refractivity contribution in [2.45, 2.75) is 39.8 Å². The fourth-order valence-corrected chi connectivity index (χ4v) is 2.90. The Bertz CT molecular complexity index is 328. The maximum atomic E-state index is 12.1. The van der Waals surface area contributed by atoms with E-state index >= 15 is 0 Å². The fraction of sp³-hybridized carbons (Fsp3) is 0.833. The number of carboxylic acids is 1. The lowest BCUT2D eigenvalue weighted by molar-refractivity contribution is -0.142. The van der Waals surface area contributed by atoms with Crippen LogP contribution < -0.4 is 5.32 Å². The minimum atomic E-state index is -0.991. The second kappa shape index (κ2) is 5.82. The molecule has 1 rings (SSSR count). The summed E-state index contributed by atoms with van der Waals surface area (Å²) >= 11 is 1.82. The predicted molar refractivity (Wildman–Crippen MR) is 72.9 cm³/mol. The van der Waals surface area contributed by atoms with Crippen molar-refractivity contribution in [3.63, 3.8) is 0 Å². The van der Waals surface area contributed by atoms with Crippen molar-refractivity contribution in [2.24, 2.45) is 5.41 Å². The standard InChI is InChI=1S/C12H22N2O3S/c1-8-7-18-6-5-14(8)11(17)13-9(10(15)16)12(2,3)4/h8-9H,5-7H2,1-4H3,(H,13,17)(H,15,16)/t8?,9-/m1/s1. The molecule has 6 heteroatoms. The van der Waals surface area contributed by atoms with Crippen molar-refractivity contribution in [3.05, 3.63) is 0 Å². The number of carbonyl (C=O) groups excluding carboxylic acids is 1. The molecule has 1 fully saturated rings. The highest BCUT2D eigenvalue weighted by atomic mass is 32.2. The van der Waals surface area contributed by atoms with Gasteiger partial charge in [0.25, 0.3) is 0 Å². The van der Waals surface area contributed by atoms with Crippen LogP contribution in [0.4, 0.5) is 4.79 Å². The lowest BCUT2D eigenvalue weighted by Gasteiger charge is -2.36. The van der Waals surface area contributed by atoms with Crippen LogP contribution in [0.1, 0.15) is 27.7 Å². The van der Waals surface area contributed by atoms with Crippen molar-refractivity contribution >= 4 is 23.8 Å². The molecule has 1 unspecified atom stereocenters. The number of carboxylic acid groups (broad SMARTS) is 1. The summed E-state index contributed by atoms with van der Waals surface area (Å²) in [5, 5.41) is 11.8. The van der Waals surface area contributed by atoms with Gasteiger partial charge in [-0.2, -0.15) is 11.8 Å². The van der Waals surface area contributed by atoms with Gasteiger partial charge < -0.3 is 15.3 Å². The summed E-state index contributed by atoms with van der Waals surface area (Å²) in [6, 6.07) is -0.991. The Morgan fingerprint density at radius 3 is 2.50 bits per heavy atom. The molecule has 0 radical (unpaired) electrons. The molecule has 0 saturated carbocycles. The van der Waals surface area contributed by atoms with Gasteiger partial charge in [-0.3, -0.25) is 0 Å². The molecule has 0 aromatic rings. The minimum Gasteiger partial charge on any atom is -0.480 e. The third kappa shape index (κ3) is 3.80. The first-order valence-electron chi connectivity index (χ1n) is 6.11. The molecule has 1 heterocycles. The molecular weight excluding hydrogens is 252 g/mol. The number of nitrogens with zero attached hydrogens (tertiary/aromatic N) is 1. The Balaban J connectivity index is 2.69. The second-order valence-electron chi connectivity index (χ2n) is 5.70. The third-order valence-corrected chi connectivity index (χ3v) is 4.20. The first-order chi connectivity index (χ1) is 8.23. The van der Waals surface area contributed by atoms with Gasteiger partial charge in [-0.05, 0) is 12.3 Å². The maximum Gasteiger partial charge on any atom is 0.326 e. The van der Waals surface area contributed by atoms with E-state index in [-0.39, 0.29) is 12.1 Å². The molecule has 5 nitrogen and oxygen atoms in total. The van der Waals surface area contributed by atoms with Gasteiger partial charge in [0, 0.05) is 24.1 Å². The van der Waals surface area contributed by atoms with E-state index in [9.17, 15) is 14.7 Å². The average molecular weight is 274 g/mol. The van der Waals surface area contributed by atoms with E-state index in [4.69, 9.17) is 0 Å². The summed E-state index contributed by atoms with van der Waals surface area (Å²) in [6.45, 7) is 8.08. The van der Waals surface area contributed by atoms with Crippen LogP contribution in [0.15, 0.2) is 0 Å². The summed E-state index contributed by atoms with van der Waals surface area (Å²) in [4.78, 5) is 25.0. The zero-order chi connectivity index (χ0) is 13.9. The van der Waals surface area contributed by atoms with Gasteiger partial charge >= 0.3 is 12.0 Å². The molecule has 0 aromatic carbocycles. The lowest BCUT2D eigenvalue weighted by atomic mass is 9.87. The first kappa shape index (κ1) is 15.1. The lowest BCUT2D eigenvalue weighted by Crippen LogP contribution is -2.56. The van der Waals surface area contributed by atoms with Crippen LogP contribution in [-0.2, 0) is 4.79 Å². The second-order valence-corrected chi connectivity index (χ2v) is 6.85. The smallest absolute Gasteiger partial charge is 0.326 e. The summed E-state index contributed by atoms with van der Waals surface area (Å²) in [5.41, 5.74) is -0.505. The molecule has 0 bridgehead atoms. The zero-order valence-electron chi connectivity index (χ0n) is 11.4. The third-order valence-electron chi connectivity index (χ3n) is 3.01. The Morgan fingerprint density at radius 1 is 1.44 bits per heavy atom. The van der Waals surface area contributed by atoms with Crippen molar-refractivity contribution < 1.29 is 14.7 Å². The fourth-order valence-electron chi connectivity index (χ4n) is 1.88. The van der Waals surface area contributed by atoms with Gasteiger partial charge in [-0.15, -0.1) is 0 Å². The number of aliphatic carboxylic acids is 1. The average Bonchev–Trinajstić information content (AvgIpc) is 2.24. The number of amides is 2. The summed E-state index contributed by atoms with van der Waals surface area (Å²) in [5.74, 6) is 0.820. The number of thioether (sulfide) groups is 1. The summed E-state index contributed by atoms with van der Waals surface area (Å²) in [6.07, 6.45) is 0. The molecule has 2 atom stereocenters. The quantitative estimate of drug-likeness (QED) is 0.803. The highest BCUT2D eigenvalue weighted by Crippen LogP contribution is 2.21. The van der Waals surface area contributed by atoms with Gasteiger partial charge in [0.15, 0.2) is 0 Å². The molecule has 0 aliphatic carbocycles. The van der Waals surface area contributed by atoms with E-state index in [2.05, 4.69) is 5.32 Å². The van der Waals surface area contributed by atoms with Crippen LogP contribution in [0, 0.1) is 5.41 Å². The Labute approximate surface area is 112 Å². The summed E-state index contributed by atoms with van der Waals surface area (Å²) < 4.78 is 0. The molecular formula is C12H22N2O3S. The van der Waals surface area contributed by atoms with Crippen LogP contribution in [0.3, 0.4) is 0 Å². The van der Waals surface area contributed by atoms with E-state index < -0.39 is 17.4 Å². The van der Waals surface area contributed by atoms with Crippen molar-refractivity contribution in [1.82, 2.24) is 10.2 Å². The molecule has 2 N–H and O–H groups in total. The molecule has 1 aliphatic rings. The predicted octanol–water partition coefficient (Wildman–Crippen LogP) is 1.63. The highest BCUT2D eigenvalue weighted by molar-refractivity contribution is 7.99. The van der Waals surface area contributed by atoms with Crippen LogP contribution in [0.5, 0.6) is 0 Å². The van der Waals surface area contributed by atoms with Gasteiger partial charge in [0.2, 0.25) is 0 Å². The molecule has 1 aliphatic heterocycles. The monoisotopic (exact) mass is 274 g/mol. The van der Waals surface area contributed by atoms with Crippen LogP contribution in [0.25, 0.3) is 0 Å². The Hall–Kier alpha value is -0.910. The normalized spacial score (nSPS) is 22.4. The Kier molecular flexibility index (Phi) is 4.90. The largest absolute Gasteiger partial charge is 0.480 e. The van der Waals surface area contributed by atoms with Gasteiger partial charge in [-0.25, -0.2) is 9.59 Å². The van der Waals surface area contributed by atoms with Crippen LogP contribution in [-0.4, -0.2) is 52.1 Å². The molecule has 1 saturated heterocycles. The molecule has 18 heavy (non-hydrogen) atoms. The van der Waals surface area contributed by atoms with Crippen molar-refractivity contribution in [3.8, 4) is 0 Å². The number of nitrogens with one attached hydrogen (secondary N) is 1. The van der Waals surface area contributed by atoms with Crippen molar-refractivity contribution in [2.75, 3.05) is 18.1 Å². The van der Waals surface area contributed by atoms with Gasteiger partial charge in [-0.1, -0.05) is 20.8 Å². The SMILES string of the molecule is CC1CSCCN1C(=O)N[C@H](C(=O)O)C(C)(C)C. The molecule has 0 aromatic heterocycles. The topological polar surface area (TPSA) is 69.6 Å². The first-order valence-corrected chi connectivity index (χ1v) is 7.26. The van der Waals surface area contributed by atoms with Crippen LogP contribution >= 0.6 is 11.8 Å². The van der Waals surface area contributed by atoms with E-state index in [1.165, 1.54) is 0 Å². The number of urea groups is 1. The highest BCUT2D eigenvalue weighted by Gasteiger charge is 2.35. The number of hydrogen-bond donors (Lipinski definition) is 2. The number of carbonyl (C=O) groups is 2. The van der Waals surface area contributed by atoms with Gasteiger partial charge in [0.05, 0.1) is 0 Å². The molecule has 2 amide bonds. The van der Waals surface area contributed by atoms with Crippen LogP contribution in [0.2, 0.25) is 0 Å². The van der Waals surface area contributed by atoms with E-state index in [1.54, 1.807) is 4.90 Å². The minimum absolute atomic E-state index is 0.151. The van der Waals surface area contributed by atoms with Crippen molar-refractivity contribution in [1.29, 1.82) is 0 Å². The molecule has 104 valence electrons. The van der Waals surface area contributed by atoms with Gasteiger partial charge in [0.1, 0.15) is 6.04 Å². The van der Waals surface area contributed by atoms with E-state index in [0.717, 1.165) is 11.5 Å². The zero-order valence-corrected chi connectivity index (χ0v) is 12.2. The van der Waals surface area contributed by atoms with E-state index in [1.807, 2.05) is 39.5 Å². The molecule has 0 spiro atoms. The summed E-state index contributed by atoms with van der Waals surface area (Å²) in [7, 11) is 0. The number of hydrogen-bond acceptors (Lipinski definition) is 3.